The molecule has 0 saturated heterocycles. The molecule has 0 saturated carbocycles. The van der Waals surface area contributed by atoms with Gasteiger partial charge in [0.15, 0.2) is 5.96 Å². The average Bonchev–Trinajstić information content (AvgIpc) is 2.92. The van der Waals surface area contributed by atoms with Crippen molar-refractivity contribution in [3.8, 4) is 0 Å². The lowest BCUT2D eigenvalue weighted by Gasteiger charge is -2.24. The summed E-state index contributed by atoms with van der Waals surface area (Å²) in [7, 11) is 1.80. The highest BCUT2D eigenvalue weighted by Crippen LogP contribution is 2.16. The fourth-order valence-electron chi connectivity index (χ4n) is 2.60. The number of nitrogens with one attached hydrogen (secondary N) is 2. The minimum Gasteiger partial charge on any atom is -0.370 e. The lowest BCUT2D eigenvalue weighted by Crippen LogP contribution is -2.41. The van der Waals surface area contributed by atoms with E-state index in [2.05, 4.69) is 70.5 Å². The number of rotatable bonds is 7. The molecule has 1 aromatic heterocycles. The lowest BCUT2D eigenvalue weighted by atomic mass is 10.2. The summed E-state index contributed by atoms with van der Waals surface area (Å²) in [6, 6.07) is 8.63. The molecule has 0 aliphatic rings. The van der Waals surface area contributed by atoms with Gasteiger partial charge in [-0.05, 0) is 45.4 Å². The Balaban J connectivity index is 1.81. The van der Waals surface area contributed by atoms with Gasteiger partial charge in [0.25, 0.3) is 0 Å². The highest BCUT2D eigenvalue weighted by atomic mass is 32.1. The van der Waals surface area contributed by atoms with Gasteiger partial charge >= 0.3 is 0 Å². The summed E-state index contributed by atoms with van der Waals surface area (Å²) in [6.45, 7) is 11.9. The SMILES string of the molecule is CCN(CCNC(=NC)NCc1nc(C)c(C)s1)c1cccc(C)c1. The van der Waals surface area contributed by atoms with Crippen LogP contribution in [0.15, 0.2) is 29.3 Å². The first-order valence-electron chi connectivity index (χ1n) is 8.72. The Morgan fingerprint density at radius 2 is 2.04 bits per heavy atom. The predicted molar refractivity (Wildman–Crippen MR) is 109 cm³/mol. The molecule has 0 fully saturated rings. The number of aromatic nitrogens is 1. The number of anilines is 1. The van der Waals surface area contributed by atoms with Gasteiger partial charge < -0.3 is 15.5 Å². The second-order valence-corrected chi connectivity index (χ2v) is 7.31. The van der Waals surface area contributed by atoms with Crippen molar-refractivity contribution < 1.29 is 0 Å². The maximum Gasteiger partial charge on any atom is 0.191 e. The third-order valence-corrected chi connectivity index (χ3v) is 5.20. The Morgan fingerprint density at radius 1 is 1.24 bits per heavy atom. The monoisotopic (exact) mass is 359 g/mol. The molecule has 2 rings (SSSR count). The zero-order valence-electron chi connectivity index (χ0n) is 15.9. The van der Waals surface area contributed by atoms with Crippen LogP contribution >= 0.6 is 11.3 Å². The van der Waals surface area contributed by atoms with E-state index in [0.717, 1.165) is 36.3 Å². The van der Waals surface area contributed by atoms with Crippen molar-refractivity contribution in [2.75, 3.05) is 31.6 Å². The van der Waals surface area contributed by atoms with Crippen LogP contribution in [0.25, 0.3) is 0 Å². The van der Waals surface area contributed by atoms with Crippen LogP contribution in [0.4, 0.5) is 5.69 Å². The first-order valence-corrected chi connectivity index (χ1v) is 9.54. The van der Waals surface area contributed by atoms with E-state index < -0.39 is 0 Å². The minimum atomic E-state index is 0.703. The summed E-state index contributed by atoms with van der Waals surface area (Å²) in [4.78, 5) is 12.5. The Labute approximate surface area is 155 Å². The maximum absolute atomic E-state index is 4.55. The van der Waals surface area contributed by atoms with Crippen molar-refractivity contribution in [2.24, 2.45) is 4.99 Å². The zero-order chi connectivity index (χ0) is 18.2. The van der Waals surface area contributed by atoms with Crippen molar-refractivity contribution in [1.82, 2.24) is 15.6 Å². The Hall–Kier alpha value is -2.08. The minimum absolute atomic E-state index is 0.703. The summed E-state index contributed by atoms with van der Waals surface area (Å²) in [5.74, 6) is 0.811. The number of likely N-dealkylation sites (N-methyl/N-ethyl adjacent to an activating group) is 1. The molecule has 0 radical (unpaired) electrons. The number of hydrogen-bond donors (Lipinski definition) is 2. The molecule has 0 aliphatic carbocycles. The van der Waals surface area contributed by atoms with Gasteiger partial charge in [-0.1, -0.05) is 12.1 Å². The Bertz CT molecular complexity index is 688. The molecular formula is C19H29N5S. The summed E-state index contributed by atoms with van der Waals surface area (Å²) >= 11 is 1.73. The standard InChI is InChI=1S/C19H29N5S/c1-6-24(17-9-7-8-14(2)12-17)11-10-21-19(20-5)22-13-18-23-15(3)16(4)25-18/h7-9,12H,6,10-11,13H2,1-5H3,(H2,20,21,22). The van der Waals surface area contributed by atoms with E-state index in [1.165, 1.54) is 16.1 Å². The number of nitrogens with zero attached hydrogens (tertiary/aromatic N) is 3. The van der Waals surface area contributed by atoms with Gasteiger partial charge in [-0.3, -0.25) is 4.99 Å². The van der Waals surface area contributed by atoms with Crippen LogP contribution in [0.3, 0.4) is 0 Å². The van der Waals surface area contributed by atoms with E-state index in [1.807, 2.05) is 6.92 Å². The van der Waals surface area contributed by atoms with Gasteiger partial charge in [0.1, 0.15) is 5.01 Å². The van der Waals surface area contributed by atoms with Crippen molar-refractivity contribution in [2.45, 2.75) is 34.2 Å². The van der Waals surface area contributed by atoms with E-state index in [1.54, 1.807) is 18.4 Å². The van der Waals surface area contributed by atoms with E-state index in [-0.39, 0.29) is 0 Å². The molecule has 0 bridgehead atoms. The number of thiazole rings is 1. The molecule has 136 valence electrons. The van der Waals surface area contributed by atoms with Crippen LogP contribution in [0.5, 0.6) is 0 Å². The van der Waals surface area contributed by atoms with Crippen LogP contribution in [-0.4, -0.2) is 37.6 Å². The van der Waals surface area contributed by atoms with Crippen molar-refractivity contribution >= 4 is 23.0 Å². The summed E-state index contributed by atoms with van der Waals surface area (Å²) < 4.78 is 0. The molecule has 6 heteroatoms. The fourth-order valence-corrected chi connectivity index (χ4v) is 3.47. The first-order chi connectivity index (χ1) is 12.0. The maximum atomic E-state index is 4.55. The Morgan fingerprint density at radius 3 is 2.64 bits per heavy atom. The molecule has 2 N–H and O–H groups in total. The number of guanidine groups is 1. The van der Waals surface area contributed by atoms with Crippen LogP contribution in [0.1, 0.15) is 28.1 Å². The highest BCUT2D eigenvalue weighted by Gasteiger charge is 2.07. The van der Waals surface area contributed by atoms with Gasteiger partial charge in [0, 0.05) is 37.2 Å². The number of aliphatic imine (C=N–C) groups is 1. The second-order valence-electron chi connectivity index (χ2n) is 6.02. The molecule has 0 atom stereocenters. The van der Waals surface area contributed by atoms with E-state index in [4.69, 9.17) is 0 Å². The number of benzene rings is 1. The molecule has 2 aromatic rings. The van der Waals surface area contributed by atoms with E-state index in [0.29, 0.717) is 6.54 Å². The molecule has 0 unspecified atom stereocenters. The van der Waals surface area contributed by atoms with Crippen LogP contribution in [0.2, 0.25) is 0 Å². The van der Waals surface area contributed by atoms with Gasteiger partial charge in [-0.2, -0.15) is 0 Å². The third kappa shape index (κ3) is 5.74. The largest absolute Gasteiger partial charge is 0.370 e. The normalized spacial score (nSPS) is 11.5. The molecule has 1 heterocycles. The van der Waals surface area contributed by atoms with Gasteiger partial charge in [-0.15, -0.1) is 11.3 Å². The van der Waals surface area contributed by atoms with Gasteiger partial charge in [0.05, 0.1) is 12.2 Å². The molecule has 5 nitrogen and oxygen atoms in total. The van der Waals surface area contributed by atoms with Gasteiger partial charge in [0.2, 0.25) is 0 Å². The van der Waals surface area contributed by atoms with Crippen LogP contribution < -0.4 is 15.5 Å². The van der Waals surface area contributed by atoms with E-state index >= 15 is 0 Å². The molecule has 25 heavy (non-hydrogen) atoms. The predicted octanol–water partition coefficient (Wildman–Crippen LogP) is 3.26. The molecule has 1 aromatic carbocycles. The molecular weight excluding hydrogens is 330 g/mol. The summed E-state index contributed by atoms with van der Waals surface area (Å²) in [6.07, 6.45) is 0. The quantitative estimate of drug-likeness (QED) is 0.588. The molecule has 0 amide bonds. The Kier molecular flexibility index (Phi) is 7.25. The number of aryl methyl sites for hydroxylation is 3. The van der Waals surface area contributed by atoms with Crippen LogP contribution in [-0.2, 0) is 6.54 Å². The topological polar surface area (TPSA) is 52.5 Å². The third-order valence-electron chi connectivity index (χ3n) is 4.13. The second kappa shape index (κ2) is 9.42. The summed E-state index contributed by atoms with van der Waals surface area (Å²) in [5.41, 5.74) is 3.66. The molecule has 0 aliphatic heterocycles. The van der Waals surface area contributed by atoms with Crippen molar-refractivity contribution in [3.05, 3.63) is 45.4 Å². The van der Waals surface area contributed by atoms with Gasteiger partial charge in [-0.25, -0.2) is 4.98 Å². The zero-order valence-corrected chi connectivity index (χ0v) is 16.7. The molecule has 0 spiro atoms. The smallest absolute Gasteiger partial charge is 0.191 e. The fraction of sp³-hybridized carbons (Fsp3) is 0.474. The summed E-state index contributed by atoms with van der Waals surface area (Å²) in [5, 5.41) is 7.81. The highest BCUT2D eigenvalue weighted by molar-refractivity contribution is 7.11. The number of hydrogen-bond acceptors (Lipinski definition) is 4. The van der Waals surface area contributed by atoms with E-state index in [9.17, 15) is 0 Å². The average molecular weight is 360 g/mol. The lowest BCUT2D eigenvalue weighted by molar-refractivity contribution is 0.748. The van der Waals surface area contributed by atoms with Crippen LogP contribution in [0, 0.1) is 20.8 Å². The van der Waals surface area contributed by atoms with Crippen molar-refractivity contribution in [3.63, 3.8) is 0 Å². The first kappa shape index (κ1) is 19.2. The van der Waals surface area contributed by atoms with Crippen molar-refractivity contribution in [1.29, 1.82) is 0 Å².